The number of sulfonamides is 1. The summed E-state index contributed by atoms with van der Waals surface area (Å²) in [7, 11) is -3.34. The molecule has 2 aromatic rings. The molecular formula is C18H24N2O4S. The fraction of sp³-hybridized carbons (Fsp3) is 0.389. The van der Waals surface area contributed by atoms with E-state index >= 15 is 0 Å². The van der Waals surface area contributed by atoms with Crippen molar-refractivity contribution in [1.82, 2.24) is 9.62 Å². The van der Waals surface area contributed by atoms with E-state index < -0.39 is 10.0 Å². The molecule has 1 amide bonds. The quantitative estimate of drug-likeness (QED) is 0.701. The third-order valence-corrected chi connectivity index (χ3v) is 5.12. The van der Waals surface area contributed by atoms with Crippen LogP contribution in [0.2, 0.25) is 0 Å². The van der Waals surface area contributed by atoms with Crippen LogP contribution in [0.5, 0.6) is 0 Å². The van der Waals surface area contributed by atoms with Crippen molar-refractivity contribution >= 4 is 15.9 Å². The molecule has 7 heteroatoms. The molecule has 0 atom stereocenters. The Kier molecular flexibility index (Phi) is 7.21. The molecule has 0 aliphatic rings. The van der Waals surface area contributed by atoms with Crippen LogP contribution in [0.1, 0.15) is 24.2 Å². The molecule has 0 unspecified atom stereocenters. The molecule has 0 aliphatic heterocycles. The molecule has 0 radical (unpaired) electrons. The minimum atomic E-state index is -3.34. The second kappa shape index (κ2) is 9.39. The van der Waals surface area contributed by atoms with E-state index in [1.165, 1.54) is 16.1 Å². The van der Waals surface area contributed by atoms with E-state index in [9.17, 15) is 13.2 Å². The zero-order valence-electron chi connectivity index (χ0n) is 14.3. The highest BCUT2D eigenvalue weighted by Gasteiger charge is 2.17. The van der Waals surface area contributed by atoms with E-state index in [-0.39, 0.29) is 18.9 Å². The molecule has 0 spiro atoms. The standard InChI is InChI=1S/C18H24N2O4S/c1-25(22,23)20(12-5-9-16-7-3-2-4-8-16)13-11-18(21)19-15-17-10-6-14-24-17/h2-4,6-8,10,14H,5,9,11-13,15H2,1H3,(H,19,21). The largest absolute Gasteiger partial charge is 0.467 e. The molecule has 0 saturated carbocycles. The molecule has 136 valence electrons. The Bertz CT molecular complexity index is 743. The van der Waals surface area contributed by atoms with Crippen LogP contribution in [-0.4, -0.2) is 38.0 Å². The predicted molar refractivity (Wildman–Crippen MR) is 96.4 cm³/mol. The third kappa shape index (κ3) is 7.11. The summed E-state index contributed by atoms with van der Waals surface area (Å²) in [6, 6.07) is 13.4. The van der Waals surface area contributed by atoms with E-state index in [4.69, 9.17) is 4.42 Å². The van der Waals surface area contributed by atoms with E-state index in [0.29, 0.717) is 25.3 Å². The summed E-state index contributed by atoms with van der Waals surface area (Å²) in [5.74, 6) is 0.462. The smallest absolute Gasteiger partial charge is 0.221 e. The molecule has 1 heterocycles. The Morgan fingerprint density at radius 2 is 1.88 bits per heavy atom. The van der Waals surface area contributed by atoms with Gasteiger partial charge in [0, 0.05) is 19.5 Å². The van der Waals surface area contributed by atoms with E-state index in [2.05, 4.69) is 5.32 Å². The maximum atomic E-state index is 11.9. The fourth-order valence-corrected chi connectivity index (χ4v) is 3.34. The highest BCUT2D eigenvalue weighted by atomic mass is 32.2. The molecule has 1 N–H and O–H groups in total. The number of benzene rings is 1. The lowest BCUT2D eigenvalue weighted by Gasteiger charge is -2.19. The fourth-order valence-electron chi connectivity index (χ4n) is 2.46. The number of carbonyl (C=O) groups is 1. The zero-order valence-corrected chi connectivity index (χ0v) is 15.2. The van der Waals surface area contributed by atoms with Crippen LogP contribution in [0.4, 0.5) is 0 Å². The Morgan fingerprint density at radius 1 is 1.12 bits per heavy atom. The molecule has 1 aromatic heterocycles. The van der Waals surface area contributed by atoms with Gasteiger partial charge in [-0.2, -0.15) is 0 Å². The van der Waals surface area contributed by atoms with Gasteiger partial charge in [0.25, 0.3) is 0 Å². The average Bonchev–Trinajstić information content (AvgIpc) is 3.09. The first kappa shape index (κ1) is 19.2. The number of amides is 1. The molecule has 2 rings (SSSR count). The van der Waals surface area contributed by atoms with Crippen LogP contribution >= 0.6 is 0 Å². The van der Waals surface area contributed by atoms with Crippen molar-refractivity contribution in [2.75, 3.05) is 19.3 Å². The van der Waals surface area contributed by atoms with E-state index in [1.54, 1.807) is 18.4 Å². The van der Waals surface area contributed by atoms with Crippen LogP contribution in [0.15, 0.2) is 53.1 Å². The van der Waals surface area contributed by atoms with Gasteiger partial charge in [0.2, 0.25) is 15.9 Å². The molecule has 0 saturated heterocycles. The van der Waals surface area contributed by atoms with Gasteiger partial charge in [0.15, 0.2) is 0 Å². The third-order valence-electron chi connectivity index (χ3n) is 3.81. The number of hydrogen-bond acceptors (Lipinski definition) is 4. The second-order valence-corrected chi connectivity index (χ2v) is 7.84. The molecule has 1 aromatic carbocycles. The number of nitrogens with zero attached hydrogens (tertiary/aromatic N) is 1. The number of furan rings is 1. The van der Waals surface area contributed by atoms with Gasteiger partial charge < -0.3 is 9.73 Å². The van der Waals surface area contributed by atoms with Gasteiger partial charge in [-0.25, -0.2) is 12.7 Å². The predicted octanol–water partition coefficient (Wildman–Crippen LogP) is 2.18. The van der Waals surface area contributed by atoms with Crippen molar-refractivity contribution in [2.24, 2.45) is 0 Å². The number of nitrogens with one attached hydrogen (secondary N) is 1. The van der Waals surface area contributed by atoms with Crippen molar-refractivity contribution < 1.29 is 17.6 Å². The Balaban J connectivity index is 1.76. The van der Waals surface area contributed by atoms with Crippen LogP contribution in [0.25, 0.3) is 0 Å². The maximum absolute atomic E-state index is 11.9. The Labute approximate surface area is 148 Å². The van der Waals surface area contributed by atoms with Gasteiger partial charge in [-0.1, -0.05) is 30.3 Å². The van der Waals surface area contributed by atoms with Crippen molar-refractivity contribution in [3.8, 4) is 0 Å². The number of hydrogen-bond donors (Lipinski definition) is 1. The van der Waals surface area contributed by atoms with Gasteiger partial charge >= 0.3 is 0 Å². The second-order valence-electron chi connectivity index (χ2n) is 5.86. The summed E-state index contributed by atoms with van der Waals surface area (Å²) in [4.78, 5) is 11.9. The highest BCUT2D eigenvalue weighted by molar-refractivity contribution is 7.88. The summed E-state index contributed by atoms with van der Waals surface area (Å²) in [5.41, 5.74) is 1.17. The summed E-state index contributed by atoms with van der Waals surface area (Å²) < 4.78 is 30.3. The number of aryl methyl sites for hydroxylation is 1. The van der Waals surface area contributed by atoms with Crippen molar-refractivity contribution in [2.45, 2.75) is 25.8 Å². The molecule has 0 bridgehead atoms. The summed E-state index contributed by atoms with van der Waals surface area (Å²) in [6.45, 7) is 0.884. The van der Waals surface area contributed by atoms with Crippen molar-refractivity contribution in [1.29, 1.82) is 0 Å². The topological polar surface area (TPSA) is 79.6 Å². The number of carbonyl (C=O) groups excluding carboxylic acids is 1. The monoisotopic (exact) mass is 364 g/mol. The van der Waals surface area contributed by atoms with Crippen LogP contribution < -0.4 is 5.32 Å². The highest BCUT2D eigenvalue weighted by Crippen LogP contribution is 2.07. The van der Waals surface area contributed by atoms with E-state index in [0.717, 1.165) is 6.42 Å². The van der Waals surface area contributed by atoms with Crippen LogP contribution in [0.3, 0.4) is 0 Å². The van der Waals surface area contributed by atoms with Crippen molar-refractivity contribution in [3.63, 3.8) is 0 Å². The van der Waals surface area contributed by atoms with Crippen LogP contribution in [0, 0.1) is 0 Å². The van der Waals surface area contributed by atoms with Gasteiger partial charge in [-0.3, -0.25) is 4.79 Å². The number of rotatable bonds is 10. The normalized spacial score (nSPS) is 11.6. The summed E-state index contributed by atoms with van der Waals surface area (Å²) in [6.07, 6.45) is 4.36. The zero-order chi connectivity index (χ0) is 18.1. The minimum absolute atomic E-state index is 0.124. The lowest BCUT2D eigenvalue weighted by Crippen LogP contribution is -2.35. The average molecular weight is 364 g/mol. The van der Waals surface area contributed by atoms with Crippen LogP contribution in [-0.2, 0) is 27.8 Å². The molecule has 0 aliphatic carbocycles. The first-order chi connectivity index (χ1) is 11.9. The maximum Gasteiger partial charge on any atom is 0.221 e. The van der Waals surface area contributed by atoms with Gasteiger partial charge in [0.05, 0.1) is 19.1 Å². The van der Waals surface area contributed by atoms with Gasteiger partial charge in [0.1, 0.15) is 5.76 Å². The Hall–Kier alpha value is -2.12. The first-order valence-corrected chi connectivity index (χ1v) is 10.1. The van der Waals surface area contributed by atoms with Crippen molar-refractivity contribution in [3.05, 3.63) is 60.1 Å². The SMILES string of the molecule is CS(=O)(=O)N(CCCc1ccccc1)CCC(=O)NCc1ccco1. The molecule has 6 nitrogen and oxygen atoms in total. The summed E-state index contributed by atoms with van der Waals surface area (Å²) in [5, 5.41) is 2.72. The summed E-state index contributed by atoms with van der Waals surface area (Å²) >= 11 is 0. The lowest BCUT2D eigenvalue weighted by atomic mass is 10.1. The van der Waals surface area contributed by atoms with E-state index in [1.807, 2.05) is 30.3 Å². The molecule has 0 fully saturated rings. The molecular weight excluding hydrogens is 340 g/mol. The lowest BCUT2D eigenvalue weighted by molar-refractivity contribution is -0.121. The Morgan fingerprint density at radius 3 is 2.52 bits per heavy atom. The first-order valence-electron chi connectivity index (χ1n) is 8.23. The minimum Gasteiger partial charge on any atom is -0.467 e. The molecule has 25 heavy (non-hydrogen) atoms. The van der Waals surface area contributed by atoms with Gasteiger partial charge in [-0.15, -0.1) is 0 Å². The van der Waals surface area contributed by atoms with Gasteiger partial charge in [-0.05, 0) is 30.5 Å².